The molecule has 4 aliphatic rings. The molecule has 70 heavy (non-hydrogen) atoms. The SMILES string of the molecule is c1ccc(-c2cc3c4c(c2)-c2cc(-c5ccccc5-c5ccccc5)cc5ccc6c(c25)N4c2c(ccc4cc(-c5ccccc5-c5ccccc5)cc-3c24)C62c3ccccc3-c3ccccc32)cc1. The molecule has 0 saturated carbocycles. The molecule has 1 aliphatic carbocycles. The summed E-state index contributed by atoms with van der Waals surface area (Å²) in [6.45, 7) is 0. The minimum atomic E-state index is -0.554. The summed E-state index contributed by atoms with van der Waals surface area (Å²) < 4.78 is 0. The van der Waals surface area contributed by atoms with Crippen molar-refractivity contribution >= 4 is 38.6 Å². The van der Waals surface area contributed by atoms with Gasteiger partial charge in [0.25, 0.3) is 0 Å². The normalized spacial score (nSPS) is 13.5. The molecule has 1 spiro atoms. The predicted molar refractivity (Wildman–Crippen MR) is 292 cm³/mol. The zero-order valence-corrected chi connectivity index (χ0v) is 38.1. The lowest BCUT2D eigenvalue weighted by molar-refractivity contribution is 0.756. The summed E-state index contributed by atoms with van der Waals surface area (Å²) in [4.78, 5) is 2.72. The molecule has 3 aliphatic heterocycles. The van der Waals surface area contributed by atoms with Crippen molar-refractivity contribution in [2.24, 2.45) is 0 Å². The molecule has 16 rings (SSSR count). The number of fused-ring (bicyclic) bond motifs is 9. The summed E-state index contributed by atoms with van der Waals surface area (Å²) in [5.41, 5.74) is 28.6. The maximum absolute atomic E-state index is 2.72. The fraction of sp³-hybridized carbons (Fsp3) is 0.0145. The van der Waals surface area contributed by atoms with Crippen molar-refractivity contribution in [1.29, 1.82) is 0 Å². The van der Waals surface area contributed by atoms with Crippen molar-refractivity contribution in [3.8, 4) is 89.0 Å². The number of benzene rings is 12. The molecule has 0 atom stereocenters. The van der Waals surface area contributed by atoms with Crippen LogP contribution in [0.4, 0.5) is 17.1 Å². The number of anilines is 3. The zero-order valence-electron chi connectivity index (χ0n) is 38.1. The van der Waals surface area contributed by atoms with E-state index in [1.54, 1.807) is 0 Å². The van der Waals surface area contributed by atoms with E-state index < -0.39 is 5.41 Å². The van der Waals surface area contributed by atoms with Crippen LogP contribution in [0.15, 0.2) is 249 Å². The average Bonchev–Trinajstić information content (AvgIpc) is 3.73. The van der Waals surface area contributed by atoms with Crippen LogP contribution in [0.1, 0.15) is 22.3 Å². The third-order valence-electron chi connectivity index (χ3n) is 16.1. The maximum atomic E-state index is 2.72. The molecule has 1 heteroatoms. The van der Waals surface area contributed by atoms with Gasteiger partial charge in [0.15, 0.2) is 0 Å². The van der Waals surface area contributed by atoms with Gasteiger partial charge >= 0.3 is 0 Å². The third-order valence-corrected chi connectivity index (χ3v) is 16.1. The Morgan fingerprint density at radius 1 is 0.214 bits per heavy atom. The predicted octanol–water partition coefficient (Wildman–Crippen LogP) is 18.4. The molecule has 0 N–H and O–H groups in total. The smallest absolute Gasteiger partial charge is 0.0754 e. The molecule has 0 radical (unpaired) electrons. The number of rotatable bonds is 5. The van der Waals surface area contributed by atoms with Gasteiger partial charge in [-0.1, -0.05) is 212 Å². The van der Waals surface area contributed by atoms with E-state index in [2.05, 4.69) is 254 Å². The van der Waals surface area contributed by atoms with Crippen molar-refractivity contribution < 1.29 is 0 Å². The monoisotopic (exact) mass is 883 g/mol. The van der Waals surface area contributed by atoms with Gasteiger partial charge in [-0.2, -0.15) is 0 Å². The largest absolute Gasteiger partial charge is 0.307 e. The minimum Gasteiger partial charge on any atom is -0.307 e. The highest BCUT2D eigenvalue weighted by Gasteiger charge is 2.54. The van der Waals surface area contributed by atoms with Crippen LogP contribution in [0.5, 0.6) is 0 Å². The van der Waals surface area contributed by atoms with Gasteiger partial charge < -0.3 is 4.90 Å². The topological polar surface area (TPSA) is 3.24 Å². The minimum absolute atomic E-state index is 0.554. The fourth-order valence-electron chi connectivity index (χ4n) is 13.3. The molecule has 0 saturated heterocycles. The second-order valence-electron chi connectivity index (χ2n) is 19.5. The van der Waals surface area contributed by atoms with Gasteiger partial charge in [-0.05, 0) is 147 Å². The molecule has 1 nitrogen and oxygen atoms in total. The fourth-order valence-corrected chi connectivity index (χ4v) is 13.3. The summed E-state index contributed by atoms with van der Waals surface area (Å²) in [5, 5.41) is 5.11. The molecule has 0 amide bonds. The number of nitrogens with zero attached hydrogens (tertiary/aromatic N) is 1. The molecule has 0 unspecified atom stereocenters. The first-order valence-corrected chi connectivity index (χ1v) is 24.5. The van der Waals surface area contributed by atoms with E-state index in [0.29, 0.717) is 0 Å². The second-order valence-corrected chi connectivity index (χ2v) is 19.5. The van der Waals surface area contributed by atoms with Crippen molar-refractivity contribution in [3.63, 3.8) is 0 Å². The molecule has 322 valence electrons. The molecule has 3 heterocycles. The zero-order chi connectivity index (χ0) is 45.7. The van der Waals surface area contributed by atoms with E-state index in [0.717, 1.165) is 0 Å². The Labute approximate surface area is 406 Å². The van der Waals surface area contributed by atoms with Crippen molar-refractivity contribution in [2.45, 2.75) is 5.41 Å². The van der Waals surface area contributed by atoms with Crippen LogP contribution < -0.4 is 4.90 Å². The Morgan fingerprint density at radius 3 is 1.01 bits per heavy atom. The van der Waals surface area contributed by atoms with E-state index >= 15 is 0 Å². The highest BCUT2D eigenvalue weighted by molar-refractivity contribution is 6.27. The first-order valence-electron chi connectivity index (χ1n) is 24.5. The first-order chi connectivity index (χ1) is 34.7. The van der Waals surface area contributed by atoms with E-state index in [4.69, 9.17) is 0 Å². The van der Waals surface area contributed by atoms with Gasteiger partial charge in [0, 0.05) is 21.9 Å². The van der Waals surface area contributed by atoms with Crippen LogP contribution in [-0.2, 0) is 5.41 Å². The highest BCUT2D eigenvalue weighted by Crippen LogP contribution is 2.71. The molecule has 0 aromatic heterocycles. The lowest BCUT2D eigenvalue weighted by Gasteiger charge is -2.50. The number of hydrogen-bond donors (Lipinski definition) is 0. The Bertz CT molecular complexity index is 3970. The molecule has 0 fully saturated rings. The van der Waals surface area contributed by atoms with Crippen molar-refractivity contribution in [1.82, 2.24) is 0 Å². The highest BCUT2D eigenvalue weighted by atomic mass is 15.2. The summed E-state index contributed by atoms with van der Waals surface area (Å²) in [6, 6.07) is 93.8. The van der Waals surface area contributed by atoms with Gasteiger partial charge in [-0.3, -0.25) is 0 Å². The molecular weight excluding hydrogens is 843 g/mol. The Hall–Kier alpha value is -9.04. The van der Waals surface area contributed by atoms with Crippen LogP contribution in [0.2, 0.25) is 0 Å². The van der Waals surface area contributed by atoms with E-state index in [1.165, 1.54) is 150 Å². The van der Waals surface area contributed by atoms with Gasteiger partial charge in [0.1, 0.15) is 0 Å². The van der Waals surface area contributed by atoms with E-state index in [9.17, 15) is 0 Å². The summed E-state index contributed by atoms with van der Waals surface area (Å²) in [5.74, 6) is 0. The third kappa shape index (κ3) is 4.90. The van der Waals surface area contributed by atoms with Gasteiger partial charge in [0.2, 0.25) is 0 Å². The van der Waals surface area contributed by atoms with Crippen LogP contribution in [-0.4, -0.2) is 0 Å². The summed E-state index contributed by atoms with van der Waals surface area (Å²) >= 11 is 0. The molecule has 0 bridgehead atoms. The Morgan fingerprint density at radius 2 is 0.571 bits per heavy atom. The van der Waals surface area contributed by atoms with Crippen molar-refractivity contribution in [3.05, 3.63) is 271 Å². The van der Waals surface area contributed by atoms with Gasteiger partial charge in [-0.15, -0.1) is 0 Å². The molecule has 12 aromatic carbocycles. The van der Waals surface area contributed by atoms with Gasteiger partial charge in [-0.25, -0.2) is 0 Å². The summed E-state index contributed by atoms with van der Waals surface area (Å²) in [6.07, 6.45) is 0. The Kier molecular flexibility index (Phi) is 7.60. The van der Waals surface area contributed by atoms with E-state index in [1.807, 2.05) is 0 Å². The molecular formula is C69H41N. The van der Waals surface area contributed by atoms with Crippen LogP contribution in [0.3, 0.4) is 0 Å². The number of hydrogen-bond acceptors (Lipinski definition) is 1. The average molecular weight is 884 g/mol. The van der Waals surface area contributed by atoms with Crippen LogP contribution >= 0.6 is 0 Å². The van der Waals surface area contributed by atoms with E-state index in [-0.39, 0.29) is 0 Å². The summed E-state index contributed by atoms with van der Waals surface area (Å²) in [7, 11) is 0. The quantitative estimate of drug-likeness (QED) is 0.166. The second kappa shape index (κ2) is 14.0. The first kappa shape index (κ1) is 38.0. The Balaban J connectivity index is 1.09. The van der Waals surface area contributed by atoms with Crippen LogP contribution in [0.25, 0.3) is 111 Å². The standard InChI is InChI=1S/C69H41N/c1-4-18-42(19-5-1)47-38-58-56-40-48(52-26-12-10-24-50(52)43-20-6-2-7-21-43)36-45-32-34-62-67(64(45)56)70-66(58)59(39-47)57-41-49(53-27-13-11-25-51(53)44-22-8-3-9-23-44)37-46-33-35-63(68(70)65(46)57)69(62)60-30-16-14-28-54(60)55-29-15-17-31-61(55)69/h1-41H. The van der Waals surface area contributed by atoms with Gasteiger partial charge in [0.05, 0.1) is 22.5 Å². The lowest BCUT2D eigenvalue weighted by Crippen LogP contribution is -2.38. The lowest BCUT2D eigenvalue weighted by atomic mass is 9.62. The molecule has 12 aromatic rings. The van der Waals surface area contributed by atoms with Crippen LogP contribution in [0, 0.1) is 0 Å². The maximum Gasteiger partial charge on any atom is 0.0754 e. The van der Waals surface area contributed by atoms with Crippen molar-refractivity contribution in [2.75, 3.05) is 4.90 Å².